The highest BCUT2D eigenvalue weighted by Gasteiger charge is 2.15. The minimum Gasteiger partial charge on any atom is -0.492 e. The van der Waals surface area contributed by atoms with Gasteiger partial charge in [-0.25, -0.2) is 4.39 Å². The van der Waals surface area contributed by atoms with E-state index in [1.54, 1.807) is 0 Å². The van der Waals surface area contributed by atoms with Gasteiger partial charge in [0, 0.05) is 46.9 Å². The smallest absolute Gasteiger partial charge is 0.248 e. The van der Waals surface area contributed by atoms with Gasteiger partial charge in [-0.05, 0) is 45.1 Å². The van der Waals surface area contributed by atoms with Gasteiger partial charge >= 0.3 is 0 Å². The number of rotatable bonds is 8. The van der Waals surface area contributed by atoms with Crippen LogP contribution in [0.15, 0.2) is 48.6 Å². The van der Waals surface area contributed by atoms with Gasteiger partial charge in [-0.15, -0.1) is 0 Å². The summed E-state index contributed by atoms with van der Waals surface area (Å²) in [6, 6.07) is 1.74. The highest BCUT2D eigenvalue weighted by atomic mass is 35.5. The van der Waals surface area contributed by atoms with Crippen molar-refractivity contribution in [3.05, 3.63) is 65.0 Å². The summed E-state index contributed by atoms with van der Waals surface area (Å²) in [5.74, 6) is -2.77. The molecule has 0 atom stereocenters. The lowest BCUT2D eigenvalue weighted by Crippen LogP contribution is -2.13. The lowest BCUT2D eigenvalue weighted by atomic mass is 10.1. The second-order valence-electron chi connectivity index (χ2n) is 6.12. The molecule has 0 aliphatic rings. The van der Waals surface area contributed by atoms with Crippen LogP contribution in [0.1, 0.15) is 30.3 Å². The van der Waals surface area contributed by atoms with E-state index in [1.165, 1.54) is 0 Å². The van der Waals surface area contributed by atoms with E-state index in [4.69, 9.17) is 34.2 Å². The predicted octanol–water partition coefficient (Wildman–Crippen LogP) is 5.10. The molecule has 3 rings (SSSR count). The molecule has 0 bridgehead atoms. The van der Waals surface area contributed by atoms with Gasteiger partial charge in [0.15, 0.2) is 0 Å². The molecule has 2 aromatic carbocycles. The van der Waals surface area contributed by atoms with Crippen molar-refractivity contribution in [3.8, 4) is 11.8 Å². The van der Waals surface area contributed by atoms with Crippen molar-refractivity contribution in [1.82, 2.24) is 9.88 Å². The van der Waals surface area contributed by atoms with Crippen LogP contribution in [-0.2, 0) is 4.79 Å². The van der Waals surface area contributed by atoms with Gasteiger partial charge in [-0.2, -0.15) is 5.26 Å². The van der Waals surface area contributed by atoms with Gasteiger partial charge in [0.05, 0.1) is 40.9 Å². The van der Waals surface area contributed by atoms with E-state index >= 15 is 0 Å². The Hall–Kier alpha value is -3.67. The molecule has 0 aliphatic carbocycles. The minimum absolute atomic E-state index is 0.000527. The predicted molar refractivity (Wildman–Crippen MR) is 129 cm³/mol. The standard InChI is InChI=1S/C24H23ClFN5O2/c1-4-33-22-12-20-17(11-21(22)30-23(32)6-5-9-31(2)3)24(15(13-27)14-28-20)29-16-7-8-19(26)18(25)10-16/h5-8,10-12,14H,4,9H2,1-3H3,(H,28,29)(H,30,32)/b6-5+/i2D3,3D3,4D2,7D,8D,9D2,10D. The topological polar surface area (TPSA) is 90.3 Å². The second-order valence-corrected chi connectivity index (χ2v) is 6.50. The fourth-order valence-electron chi connectivity index (χ4n) is 2.65. The number of likely N-dealkylation sites (N-methyl/N-ethyl adjacent to an activating group) is 1. The summed E-state index contributed by atoms with van der Waals surface area (Å²) in [6.07, 6.45) is 1.99. The first kappa shape index (κ1) is 12.0. The van der Waals surface area contributed by atoms with Crippen molar-refractivity contribution in [2.24, 2.45) is 0 Å². The van der Waals surface area contributed by atoms with Crippen molar-refractivity contribution < 1.29 is 31.7 Å². The van der Waals surface area contributed by atoms with Crippen LogP contribution < -0.4 is 15.4 Å². The lowest BCUT2D eigenvalue weighted by molar-refractivity contribution is -0.111. The number of nitrogens with one attached hydrogen (secondary N) is 2. The summed E-state index contributed by atoms with van der Waals surface area (Å²) < 4.78 is 120. The van der Waals surface area contributed by atoms with E-state index in [9.17, 15) is 14.4 Å². The third kappa shape index (κ3) is 5.98. The number of benzene rings is 2. The van der Waals surface area contributed by atoms with Crippen LogP contribution in [-0.4, -0.2) is 42.8 Å². The Labute approximate surface area is 214 Å². The van der Waals surface area contributed by atoms with Crippen LogP contribution in [0.4, 0.5) is 21.5 Å². The molecule has 0 spiro atoms. The zero-order chi connectivity index (χ0) is 35.2. The molecule has 33 heavy (non-hydrogen) atoms. The molecular weight excluding hydrogens is 445 g/mol. The average molecular weight is 481 g/mol. The Balaban J connectivity index is 2.18. The van der Waals surface area contributed by atoms with Gasteiger partial charge in [-0.1, -0.05) is 17.7 Å². The van der Waals surface area contributed by atoms with Crippen molar-refractivity contribution in [1.29, 1.82) is 5.26 Å². The molecular formula is C24H23ClFN5O2. The summed E-state index contributed by atoms with van der Waals surface area (Å²) in [7, 11) is 0. The van der Waals surface area contributed by atoms with Crippen LogP contribution in [0.5, 0.6) is 5.75 Å². The van der Waals surface area contributed by atoms with Gasteiger partial charge in [0.2, 0.25) is 5.91 Å². The first-order valence-electron chi connectivity index (χ1n) is 15.5. The molecule has 1 aromatic heterocycles. The van der Waals surface area contributed by atoms with Gasteiger partial charge < -0.3 is 20.3 Å². The molecule has 0 aliphatic heterocycles. The van der Waals surface area contributed by atoms with Gasteiger partial charge in [0.25, 0.3) is 0 Å². The van der Waals surface area contributed by atoms with Crippen LogP contribution in [0, 0.1) is 17.1 Å². The molecule has 3 aromatic rings. The highest BCUT2D eigenvalue weighted by Crippen LogP contribution is 2.36. The van der Waals surface area contributed by atoms with E-state index in [-0.39, 0.29) is 38.5 Å². The number of pyridine rings is 1. The van der Waals surface area contributed by atoms with E-state index in [0.29, 0.717) is 12.2 Å². The van der Waals surface area contributed by atoms with E-state index in [1.807, 2.05) is 6.07 Å². The third-order valence-corrected chi connectivity index (χ3v) is 4.23. The third-order valence-electron chi connectivity index (χ3n) is 3.97. The number of carbonyl (C=O) groups is 1. The summed E-state index contributed by atoms with van der Waals surface area (Å²) >= 11 is 5.83. The Morgan fingerprint density at radius 3 is 3.03 bits per heavy atom. The van der Waals surface area contributed by atoms with Crippen LogP contribution >= 0.6 is 11.6 Å². The fourth-order valence-corrected chi connectivity index (χ4v) is 2.79. The number of fused-ring (bicyclic) bond motifs is 1. The molecule has 2 N–H and O–H groups in total. The van der Waals surface area contributed by atoms with E-state index in [0.717, 1.165) is 25.3 Å². The molecule has 1 heterocycles. The van der Waals surface area contributed by atoms with Gasteiger partial charge in [-0.3, -0.25) is 9.78 Å². The monoisotopic (exact) mass is 480 g/mol. The van der Waals surface area contributed by atoms with Crippen molar-refractivity contribution in [3.63, 3.8) is 0 Å². The summed E-state index contributed by atoms with van der Waals surface area (Å²) in [5, 5.41) is 13.9. The zero-order valence-corrected chi connectivity index (χ0v) is 17.6. The molecule has 1 amide bonds. The number of aromatic nitrogens is 1. The number of anilines is 3. The van der Waals surface area contributed by atoms with Crippen molar-refractivity contribution in [2.45, 2.75) is 6.92 Å². The maximum atomic E-state index is 14.2. The molecule has 170 valence electrons. The molecule has 0 unspecified atom stereocenters. The Morgan fingerprint density at radius 2 is 2.30 bits per heavy atom. The van der Waals surface area contributed by atoms with E-state index < -0.39 is 67.6 Å². The SMILES string of the molecule is [2H]c1c([2H])c(Nc2c(C#N)cnc3cc(OC([2H])([2H])C)c(NC(=O)/C=C/C([2H])([2H])N(C([2H])([2H])[2H])C([2H])([2H])[2H])cc23)c([2H])c(Cl)c1F. The molecule has 0 radical (unpaired) electrons. The van der Waals surface area contributed by atoms with Crippen molar-refractivity contribution in [2.75, 3.05) is 37.6 Å². The molecule has 7 nitrogen and oxygen atoms in total. The van der Waals surface area contributed by atoms with Crippen LogP contribution in [0.2, 0.25) is 5.02 Å². The molecule has 9 heteroatoms. The number of nitriles is 1. The van der Waals surface area contributed by atoms with E-state index in [2.05, 4.69) is 15.6 Å². The lowest BCUT2D eigenvalue weighted by Gasteiger charge is -2.16. The van der Waals surface area contributed by atoms with Crippen molar-refractivity contribution >= 4 is 45.5 Å². The number of nitrogens with zero attached hydrogens (tertiary/aromatic N) is 3. The maximum absolute atomic E-state index is 14.2. The number of amides is 1. The quantitative estimate of drug-likeness (QED) is 0.436. The Kier molecular flexibility index (Phi) is 3.91. The zero-order valence-electron chi connectivity index (χ0n) is 29.8. The summed E-state index contributed by atoms with van der Waals surface area (Å²) in [6.45, 7) is -11.3. The fraction of sp³-hybridized carbons (Fsp3) is 0.208. The Bertz CT molecular complexity index is 1730. The number of hydrogen-bond donors (Lipinski definition) is 2. The number of hydrogen-bond acceptors (Lipinski definition) is 6. The van der Waals surface area contributed by atoms with Crippen LogP contribution in [0.25, 0.3) is 10.9 Å². The maximum Gasteiger partial charge on any atom is 0.248 e. The normalized spacial score (nSPS) is 18.5. The summed E-state index contributed by atoms with van der Waals surface area (Å²) in [5.41, 5.74) is -1.05. The van der Waals surface area contributed by atoms with Gasteiger partial charge in [0.1, 0.15) is 17.6 Å². The highest BCUT2D eigenvalue weighted by molar-refractivity contribution is 6.31. The number of ether oxygens (including phenoxy) is 1. The first-order chi connectivity index (χ1) is 20.9. The minimum atomic E-state index is -3.43. The number of halogens is 2. The first-order valence-corrected chi connectivity index (χ1v) is 9.35. The Morgan fingerprint density at radius 1 is 1.48 bits per heavy atom. The number of carbonyl (C=O) groups excluding carboxylic acids is 1. The molecule has 0 saturated carbocycles. The second kappa shape index (κ2) is 10.8. The van der Waals surface area contributed by atoms with Crippen LogP contribution in [0.3, 0.4) is 0 Å². The average Bonchev–Trinajstić information content (AvgIpc) is 2.89. The summed E-state index contributed by atoms with van der Waals surface area (Å²) in [4.78, 5) is 16.7. The molecule has 0 fully saturated rings. The largest absolute Gasteiger partial charge is 0.492 e. The molecule has 0 saturated heterocycles.